The second-order valence-electron chi connectivity index (χ2n) is 8.43. The number of methoxy groups -OCH3 is 1. The first-order valence-electron chi connectivity index (χ1n) is 12.2. The molecule has 0 aliphatic rings. The van der Waals surface area contributed by atoms with E-state index in [2.05, 4.69) is 21.3 Å². The molecule has 200 valence electrons. The van der Waals surface area contributed by atoms with E-state index >= 15 is 0 Å². The summed E-state index contributed by atoms with van der Waals surface area (Å²) in [7, 11) is -2.61. The van der Waals surface area contributed by atoms with Crippen LogP contribution in [0, 0.1) is 5.92 Å². The molecule has 0 atom stereocenters. The number of hydrogen-bond donors (Lipinski definition) is 1. The van der Waals surface area contributed by atoms with E-state index in [1.165, 1.54) is 13.2 Å². The van der Waals surface area contributed by atoms with Crippen molar-refractivity contribution in [2.75, 3.05) is 18.4 Å². The molecular weight excluding hydrogens is 502 g/mol. The molecule has 3 rings (SSSR count). The molecule has 0 saturated heterocycles. The third-order valence-corrected chi connectivity index (χ3v) is 6.75. The molecule has 9 heteroatoms. The van der Waals surface area contributed by atoms with Crippen LogP contribution in [0.5, 0.6) is 23.1 Å². The minimum absolute atomic E-state index is 0.00675. The summed E-state index contributed by atoms with van der Waals surface area (Å²) >= 11 is 0. The molecule has 0 aliphatic heterocycles. The number of aromatic nitrogens is 2. The maximum atomic E-state index is 13.4. The summed E-state index contributed by atoms with van der Waals surface area (Å²) in [4.78, 5) is 8.91. The number of anilines is 1. The first-order chi connectivity index (χ1) is 18.2. The highest BCUT2D eigenvalue weighted by Gasteiger charge is 2.25. The van der Waals surface area contributed by atoms with Gasteiger partial charge < -0.3 is 14.2 Å². The van der Waals surface area contributed by atoms with Crippen LogP contribution < -0.4 is 18.9 Å². The van der Waals surface area contributed by atoms with Crippen molar-refractivity contribution in [3.63, 3.8) is 0 Å². The van der Waals surface area contributed by atoms with Gasteiger partial charge in [-0.15, -0.1) is 0 Å². The zero-order valence-electron chi connectivity index (χ0n) is 22.3. The number of benzene rings is 2. The fourth-order valence-electron chi connectivity index (χ4n) is 3.45. The van der Waals surface area contributed by atoms with Gasteiger partial charge in [-0.05, 0) is 43.5 Å². The SMILES string of the molecule is C=C(/C=C\C(=C/C)C(C)C)S(=O)(=O)Nc1nc(-c2ccccc2)nc(OCC)c1Oc1ccccc1OC. The Bertz CT molecular complexity index is 1430. The van der Waals surface area contributed by atoms with E-state index in [0.717, 1.165) is 5.57 Å². The summed E-state index contributed by atoms with van der Waals surface area (Å²) in [6.45, 7) is 11.8. The van der Waals surface area contributed by atoms with Crippen LogP contribution in [0.1, 0.15) is 27.7 Å². The highest BCUT2D eigenvalue weighted by Crippen LogP contribution is 2.41. The van der Waals surface area contributed by atoms with E-state index in [0.29, 0.717) is 17.1 Å². The van der Waals surface area contributed by atoms with Gasteiger partial charge in [-0.3, -0.25) is 4.72 Å². The van der Waals surface area contributed by atoms with Gasteiger partial charge in [0.05, 0.1) is 18.6 Å². The Hall–Kier alpha value is -4.11. The second-order valence-corrected chi connectivity index (χ2v) is 10.2. The van der Waals surface area contributed by atoms with Crippen molar-refractivity contribution < 1.29 is 22.6 Å². The topological polar surface area (TPSA) is 99.6 Å². The van der Waals surface area contributed by atoms with E-state index in [1.807, 2.05) is 57.2 Å². The van der Waals surface area contributed by atoms with Crippen molar-refractivity contribution in [2.24, 2.45) is 5.92 Å². The second kappa shape index (κ2) is 12.9. The largest absolute Gasteiger partial charge is 0.493 e. The summed E-state index contributed by atoms with van der Waals surface area (Å²) in [5.74, 6) is 1.23. The van der Waals surface area contributed by atoms with Crippen molar-refractivity contribution in [3.05, 3.63) is 89.9 Å². The van der Waals surface area contributed by atoms with Crippen LogP contribution in [-0.4, -0.2) is 32.1 Å². The lowest BCUT2D eigenvalue weighted by Crippen LogP contribution is -2.16. The number of para-hydroxylation sites is 2. The average molecular weight is 536 g/mol. The number of allylic oxidation sites excluding steroid dienone is 4. The smallest absolute Gasteiger partial charge is 0.263 e. The van der Waals surface area contributed by atoms with Crippen molar-refractivity contribution >= 4 is 15.8 Å². The molecule has 3 aromatic rings. The molecule has 0 spiro atoms. The lowest BCUT2D eigenvalue weighted by Gasteiger charge is -2.18. The maximum Gasteiger partial charge on any atom is 0.263 e. The Labute approximate surface area is 224 Å². The van der Waals surface area contributed by atoms with E-state index in [4.69, 9.17) is 14.2 Å². The maximum absolute atomic E-state index is 13.4. The zero-order valence-corrected chi connectivity index (χ0v) is 23.1. The summed E-state index contributed by atoms with van der Waals surface area (Å²) < 4.78 is 46.5. The Morgan fingerprint density at radius 2 is 1.68 bits per heavy atom. The van der Waals surface area contributed by atoms with Crippen LogP contribution in [0.25, 0.3) is 11.4 Å². The molecule has 1 N–H and O–H groups in total. The van der Waals surface area contributed by atoms with Gasteiger partial charge in [-0.2, -0.15) is 4.98 Å². The minimum Gasteiger partial charge on any atom is -0.493 e. The Balaban J connectivity index is 2.13. The van der Waals surface area contributed by atoms with Gasteiger partial charge in [0.25, 0.3) is 15.9 Å². The summed E-state index contributed by atoms with van der Waals surface area (Å²) in [5.41, 5.74) is 1.65. The quantitative estimate of drug-likeness (QED) is 0.256. The molecule has 0 radical (unpaired) electrons. The van der Waals surface area contributed by atoms with Crippen LogP contribution in [0.15, 0.2) is 89.9 Å². The van der Waals surface area contributed by atoms with E-state index in [9.17, 15) is 8.42 Å². The molecule has 0 saturated carbocycles. The summed E-state index contributed by atoms with van der Waals surface area (Å²) in [6.07, 6.45) is 5.12. The number of ether oxygens (including phenoxy) is 3. The molecule has 0 bridgehead atoms. The van der Waals surface area contributed by atoms with Crippen LogP contribution >= 0.6 is 0 Å². The van der Waals surface area contributed by atoms with Crippen LogP contribution in [0.3, 0.4) is 0 Å². The Morgan fingerprint density at radius 1 is 1.03 bits per heavy atom. The van der Waals surface area contributed by atoms with Gasteiger partial charge in [-0.25, -0.2) is 13.4 Å². The first-order valence-corrected chi connectivity index (χ1v) is 13.7. The van der Waals surface area contributed by atoms with Gasteiger partial charge in [0.2, 0.25) is 5.75 Å². The monoisotopic (exact) mass is 535 g/mol. The lowest BCUT2D eigenvalue weighted by atomic mass is 10.0. The van der Waals surface area contributed by atoms with E-state index in [1.54, 1.807) is 37.3 Å². The normalized spacial score (nSPS) is 12.0. The van der Waals surface area contributed by atoms with Crippen molar-refractivity contribution in [2.45, 2.75) is 27.7 Å². The van der Waals surface area contributed by atoms with Crippen molar-refractivity contribution in [3.8, 4) is 34.5 Å². The van der Waals surface area contributed by atoms with Crippen molar-refractivity contribution in [1.82, 2.24) is 9.97 Å². The molecule has 0 unspecified atom stereocenters. The molecule has 1 aromatic heterocycles. The zero-order chi connectivity index (χ0) is 27.7. The highest BCUT2D eigenvalue weighted by molar-refractivity contribution is 7.96. The van der Waals surface area contributed by atoms with Gasteiger partial charge in [0, 0.05) is 5.56 Å². The standard InChI is InChI=1S/C29H33N3O5S/c1-7-22(20(3)4)19-18-21(5)38(33,34)32-28-26(37-25-17-13-12-16-24(25)35-6)29(36-8-2)31-27(30-28)23-14-10-9-11-15-23/h7,9-20H,5,8H2,1-4,6H3,(H,30,31,32)/b19-18-,22-7+. The predicted octanol–water partition coefficient (Wildman–Crippen LogP) is 6.76. The van der Waals surface area contributed by atoms with Gasteiger partial charge in [0.15, 0.2) is 23.1 Å². The predicted molar refractivity (Wildman–Crippen MR) is 151 cm³/mol. The molecular formula is C29H33N3O5S. The number of hydrogen-bond acceptors (Lipinski definition) is 7. The Kier molecular flexibility index (Phi) is 9.67. The first kappa shape index (κ1) is 28.5. The van der Waals surface area contributed by atoms with Gasteiger partial charge >= 0.3 is 0 Å². The molecule has 2 aromatic carbocycles. The van der Waals surface area contributed by atoms with Crippen LogP contribution in [-0.2, 0) is 10.0 Å². The lowest BCUT2D eigenvalue weighted by molar-refractivity contribution is 0.304. The summed E-state index contributed by atoms with van der Waals surface area (Å²) in [5, 5.41) is 0. The van der Waals surface area contributed by atoms with Gasteiger partial charge in [0.1, 0.15) is 0 Å². The molecule has 0 fully saturated rings. The molecule has 8 nitrogen and oxygen atoms in total. The minimum atomic E-state index is -4.12. The van der Waals surface area contributed by atoms with Gasteiger partial charge in [-0.1, -0.05) is 75.0 Å². The number of nitrogens with zero attached hydrogens (tertiary/aromatic N) is 2. The van der Waals surface area contributed by atoms with E-state index < -0.39 is 10.0 Å². The van der Waals surface area contributed by atoms with Crippen molar-refractivity contribution in [1.29, 1.82) is 0 Å². The Morgan fingerprint density at radius 3 is 2.29 bits per heavy atom. The molecule has 0 amide bonds. The molecule has 1 heterocycles. The van der Waals surface area contributed by atoms with E-state index in [-0.39, 0.29) is 40.7 Å². The summed E-state index contributed by atoms with van der Waals surface area (Å²) in [6, 6.07) is 16.1. The fourth-order valence-corrected chi connectivity index (χ4v) is 4.22. The third kappa shape index (κ3) is 7.01. The fraction of sp³-hybridized carbons (Fsp3) is 0.241. The van der Waals surface area contributed by atoms with Crippen LogP contribution in [0.4, 0.5) is 5.82 Å². The number of sulfonamides is 1. The molecule has 0 aliphatic carbocycles. The number of rotatable bonds is 12. The average Bonchev–Trinajstić information content (AvgIpc) is 2.91. The highest BCUT2D eigenvalue weighted by atomic mass is 32.2. The van der Waals surface area contributed by atoms with Crippen LogP contribution in [0.2, 0.25) is 0 Å². The number of nitrogens with one attached hydrogen (secondary N) is 1. The molecule has 38 heavy (non-hydrogen) atoms. The third-order valence-electron chi connectivity index (χ3n) is 5.47.